The average molecular weight is 343 g/mol. The van der Waals surface area contributed by atoms with Crippen molar-refractivity contribution in [2.45, 2.75) is 19.8 Å². The van der Waals surface area contributed by atoms with E-state index in [-0.39, 0.29) is 35.0 Å². The summed E-state index contributed by atoms with van der Waals surface area (Å²) < 4.78 is 18.7. The fourth-order valence-corrected chi connectivity index (χ4v) is 2.79. The second-order valence-electron chi connectivity index (χ2n) is 5.50. The molecule has 5 nitrogen and oxygen atoms in total. The number of hydrogen-bond donors (Lipinski definition) is 1. The molecular formula is C16H20ClFN2O3. The maximum atomic E-state index is 13.7. The lowest BCUT2D eigenvalue weighted by Crippen LogP contribution is -2.43. The van der Waals surface area contributed by atoms with Gasteiger partial charge in [-0.3, -0.25) is 14.5 Å². The molecule has 1 aliphatic rings. The van der Waals surface area contributed by atoms with Crippen molar-refractivity contribution in [3.8, 4) is 0 Å². The minimum absolute atomic E-state index is 0.0957. The number of piperidine rings is 1. The second kappa shape index (κ2) is 8.26. The topological polar surface area (TPSA) is 58.6 Å². The van der Waals surface area contributed by atoms with Crippen molar-refractivity contribution in [1.82, 2.24) is 4.90 Å². The molecule has 1 atom stereocenters. The Morgan fingerprint density at radius 1 is 1.48 bits per heavy atom. The Bertz CT molecular complexity index is 582. The molecule has 126 valence electrons. The summed E-state index contributed by atoms with van der Waals surface area (Å²) in [4.78, 5) is 25.7. The normalized spacial score (nSPS) is 18.5. The molecule has 0 bridgehead atoms. The molecule has 1 N–H and O–H groups in total. The molecule has 1 aromatic rings. The van der Waals surface area contributed by atoms with Crippen molar-refractivity contribution in [1.29, 1.82) is 0 Å². The van der Waals surface area contributed by atoms with Crippen LogP contribution in [0.3, 0.4) is 0 Å². The zero-order valence-corrected chi connectivity index (χ0v) is 13.7. The van der Waals surface area contributed by atoms with Crippen LogP contribution in [-0.2, 0) is 14.3 Å². The summed E-state index contributed by atoms with van der Waals surface area (Å²) in [6.07, 6.45) is 1.59. The Kier molecular flexibility index (Phi) is 6.36. The summed E-state index contributed by atoms with van der Waals surface area (Å²) in [6, 6.07) is 4.08. The molecule has 1 aromatic carbocycles. The van der Waals surface area contributed by atoms with Crippen LogP contribution in [0.2, 0.25) is 5.02 Å². The number of ether oxygens (including phenoxy) is 1. The zero-order chi connectivity index (χ0) is 16.8. The second-order valence-corrected chi connectivity index (χ2v) is 5.94. The standard InChI is InChI=1S/C16H20ClFN2O3/c1-2-23-16(22)11-4-3-7-20(9-11)10-15(21)19-14-6-5-12(17)8-13(14)18/h5-6,8,11H,2-4,7,9-10H2,1H3,(H,19,21). The highest BCUT2D eigenvalue weighted by atomic mass is 35.5. The van der Waals surface area contributed by atoms with E-state index < -0.39 is 5.82 Å². The molecular weight excluding hydrogens is 323 g/mol. The van der Waals surface area contributed by atoms with Gasteiger partial charge in [0, 0.05) is 11.6 Å². The van der Waals surface area contributed by atoms with Crippen molar-refractivity contribution >= 4 is 29.2 Å². The average Bonchev–Trinajstić information content (AvgIpc) is 2.50. The smallest absolute Gasteiger partial charge is 0.310 e. The predicted octanol–water partition coefficient (Wildman–Crippen LogP) is 2.69. The number of nitrogens with one attached hydrogen (secondary N) is 1. The molecule has 0 aliphatic carbocycles. The van der Waals surface area contributed by atoms with Crippen LogP contribution in [0, 0.1) is 11.7 Å². The van der Waals surface area contributed by atoms with Crippen LogP contribution in [0.4, 0.5) is 10.1 Å². The van der Waals surface area contributed by atoms with E-state index in [0.717, 1.165) is 25.5 Å². The SMILES string of the molecule is CCOC(=O)C1CCCN(CC(=O)Nc2ccc(Cl)cc2F)C1. The van der Waals surface area contributed by atoms with Gasteiger partial charge in [-0.2, -0.15) is 0 Å². The summed E-state index contributed by atoms with van der Waals surface area (Å²) in [6.45, 7) is 3.44. The largest absolute Gasteiger partial charge is 0.466 e. The van der Waals surface area contributed by atoms with Gasteiger partial charge < -0.3 is 10.1 Å². The van der Waals surface area contributed by atoms with Gasteiger partial charge in [-0.05, 0) is 44.5 Å². The minimum Gasteiger partial charge on any atom is -0.466 e. The van der Waals surface area contributed by atoms with E-state index in [1.165, 1.54) is 12.1 Å². The Hall–Kier alpha value is -1.66. The summed E-state index contributed by atoms with van der Waals surface area (Å²) in [5.41, 5.74) is 0.0957. The van der Waals surface area contributed by atoms with Gasteiger partial charge in [0.25, 0.3) is 0 Å². The Labute approximate surface area is 139 Å². The van der Waals surface area contributed by atoms with Gasteiger partial charge in [0.15, 0.2) is 0 Å². The summed E-state index contributed by atoms with van der Waals surface area (Å²) >= 11 is 5.68. The number of benzene rings is 1. The van der Waals surface area contributed by atoms with E-state index in [1.54, 1.807) is 6.92 Å². The maximum Gasteiger partial charge on any atom is 0.310 e. The van der Waals surface area contributed by atoms with Crippen LogP contribution in [0.1, 0.15) is 19.8 Å². The number of hydrogen-bond acceptors (Lipinski definition) is 4. The molecule has 1 fully saturated rings. The van der Waals surface area contributed by atoms with Crippen LogP contribution in [0.5, 0.6) is 0 Å². The number of anilines is 1. The molecule has 1 heterocycles. The van der Waals surface area contributed by atoms with Crippen LogP contribution in [0.15, 0.2) is 18.2 Å². The highest BCUT2D eigenvalue weighted by Crippen LogP contribution is 2.20. The van der Waals surface area contributed by atoms with E-state index in [0.29, 0.717) is 13.2 Å². The van der Waals surface area contributed by atoms with Gasteiger partial charge in [-0.1, -0.05) is 11.6 Å². The fourth-order valence-electron chi connectivity index (χ4n) is 2.64. The van der Waals surface area contributed by atoms with E-state index in [2.05, 4.69) is 5.32 Å². The first-order valence-electron chi connectivity index (χ1n) is 7.63. The Morgan fingerprint density at radius 2 is 2.26 bits per heavy atom. The molecule has 2 rings (SSSR count). The lowest BCUT2D eigenvalue weighted by Gasteiger charge is -2.30. The van der Waals surface area contributed by atoms with Crippen molar-refractivity contribution in [3.05, 3.63) is 29.0 Å². The van der Waals surface area contributed by atoms with Crippen LogP contribution < -0.4 is 5.32 Å². The number of likely N-dealkylation sites (tertiary alicyclic amines) is 1. The molecule has 0 spiro atoms. The number of carbonyl (C=O) groups excluding carboxylic acids is 2. The molecule has 0 radical (unpaired) electrons. The van der Waals surface area contributed by atoms with Crippen molar-refractivity contribution < 1.29 is 18.7 Å². The monoisotopic (exact) mass is 342 g/mol. The number of halogens is 2. The van der Waals surface area contributed by atoms with Crippen molar-refractivity contribution in [2.24, 2.45) is 5.92 Å². The van der Waals surface area contributed by atoms with Gasteiger partial charge in [0.2, 0.25) is 5.91 Å². The summed E-state index contributed by atoms with van der Waals surface area (Å²) in [5.74, 6) is -1.32. The number of amides is 1. The first-order chi connectivity index (χ1) is 11.0. The van der Waals surface area contributed by atoms with Crippen molar-refractivity contribution in [3.63, 3.8) is 0 Å². The van der Waals surface area contributed by atoms with Gasteiger partial charge in [-0.15, -0.1) is 0 Å². The van der Waals surface area contributed by atoms with E-state index in [4.69, 9.17) is 16.3 Å². The third-order valence-corrected chi connectivity index (χ3v) is 3.93. The zero-order valence-electron chi connectivity index (χ0n) is 13.0. The highest BCUT2D eigenvalue weighted by molar-refractivity contribution is 6.30. The minimum atomic E-state index is -0.575. The molecule has 23 heavy (non-hydrogen) atoms. The van der Waals surface area contributed by atoms with Crippen LogP contribution in [0.25, 0.3) is 0 Å². The molecule has 1 aliphatic heterocycles. The van der Waals surface area contributed by atoms with Crippen LogP contribution >= 0.6 is 11.6 Å². The molecule has 7 heteroatoms. The molecule has 1 saturated heterocycles. The molecule has 1 unspecified atom stereocenters. The van der Waals surface area contributed by atoms with E-state index in [9.17, 15) is 14.0 Å². The number of carbonyl (C=O) groups is 2. The van der Waals surface area contributed by atoms with Gasteiger partial charge in [-0.25, -0.2) is 4.39 Å². The van der Waals surface area contributed by atoms with Crippen molar-refractivity contribution in [2.75, 3.05) is 31.6 Å². The maximum absolute atomic E-state index is 13.7. The third-order valence-electron chi connectivity index (χ3n) is 3.70. The van der Waals surface area contributed by atoms with Gasteiger partial charge >= 0.3 is 5.97 Å². The quantitative estimate of drug-likeness (QED) is 0.836. The lowest BCUT2D eigenvalue weighted by atomic mass is 9.98. The number of esters is 1. The molecule has 0 saturated carbocycles. The summed E-state index contributed by atoms with van der Waals surface area (Å²) in [7, 11) is 0. The Morgan fingerprint density at radius 3 is 2.96 bits per heavy atom. The van der Waals surface area contributed by atoms with E-state index >= 15 is 0 Å². The first kappa shape index (κ1) is 17.7. The molecule has 0 aromatic heterocycles. The third kappa shape index (κ3) is 5.18. The fraction of sp³-hybridized carbons (Fsp3) is 0.500. The van der Waals surface area contributed by atoms with Gasteiger partial charge in [0.1, 0.15) is 5.82 Å². The number of rotatable bonds is 5. The number of nitrogens with zero attached hydrogens (tertiary/aromatic N) is 1. The summed E-state index contributed by atoms with van der Waals surface area (Å²) in [5, 5.41) is 2.80. The molecule has 1 amide bonds. The van der Waals surface area contributed by atoms with Crippen LogP contribution in [-0.4, -0.2) is 43.0 Å². The predicted molar refractivity (Wildman–Crippen MR) is 85.8 cm³/mol. The Balaban J connectivity index is 1.88. The first-order valence-corrected chi connectivity index (χ1v) is 8.01. The lowest BCUT2D eigenvalue weighted by molar-refractivity contribution is -0.150. The van der Waals surface area contributed by atoms with E-state index in [1.807, 2.05) is 4.90 Å². The van der Waals surface area contributed by atoms with Gasteiger partial charge in [0.05, 0.1) is 24.8 Å². The highest BCUT2D eigenvalue weighted by Gasteiger charge is 2.27.